The Morgan fingerprint density at radius 2 is 2.00 bits per heavy atom. The van der Waals surface area contributed by atoms with Gasteiger partial charge in [0.1, 0.15) is 0 Å². The quantitative estimate of drug-likeness (QED) is 0.878. The van der Waals surface area contributed by atoms with Crippen molar-refractivity contribution in [3.8, 4) is 0 Å². The summed E-state index contributed by atoms with van der Waals surface area (Å²) >= 11 is 0. The minimum atomic E-state index is 0.0952. The maximum atomic E-state index is 12.4. The molecule has 3 rings (SSSR count). The summed E-state index contributed by atoms with van der Waals surface area (Å²) in [6.07, 6.45) is 4.34. The summed E-state index contributed by atoms with van der Waals surface area (Å²) in [6.45, 7) is 2.03. The van der Waals surface area contributed by atoms with Gasteiger partial charge in [-0.1, -0.05) is 12.1 Å². The van der Waals surface area contributed by atoms with Gasteiger partial charge in [-0.2, -0.15) is 0 Å². The summed E-state index contributed by atoms with van der Waals surface area (Å²) in [5, 5.41) is 3.05. The molecule has 0 saturated carbocycles. The Bertz CT molecular complexity index is 705. The SMILES string of the molecule is CN(C)c1ccc(CNC(=O)CN2CCC[C@H]2c2cccn2C)cc1. The van der Waals surface area contributed by atoms with E-state index in [1.54, 1.807) is 0 Å². The van der Waals surface area contributed by atoms with Gasteiger partial charge >= 0.3 is 0 Å². The fourth-order valence-electron chi connectivity index (χ4n) is 3.52. The molecule has 5 nitrogen and oxygen atoms in total. The van der Waals surface area contributed by atoms with Crippen LogP contribution in [-0.2, 0) is 18.4 Å². The summed E-state index contributed by atoms with van der Waals surface area (Å²) in [4.78, 5) is 16.7. The van der Waals surface area contributed by atoms with Gasteiger partial charge in [-0.25, -0.2) is 0 Å². The predicted octanol–water partition coefficient (Wildman–Crippen LogP) is 2.54. The van der Waals surface area contributed by atoms with Crippen molar-refractivity contribution in [3.63, 3.8) is 0 Å². The molecule has 1 aromatic carbocycles. The second-order valence-electron chi connectivity index (χ2n) is 7.01. The van der Waals surface area contributed by atoms with E-state index >= 15 is 0 Å². The lowest BCUT2D eigenvalue weighted by molar-refractivity contribution is -0.122. The van der Waals surface area contributed by atoms with Crippen molar-refractivity contribution in [2.75, 3.05) is 32.1 Å². The third kappa shape index (κ3) is 4.23. The fourth-order valence-corrected chi connectivity index (χ4v) is 3.52. The molecule has 5 heteroatoms. The smallest absolute Gasteiger partial charge is 0.234 e. The average molecular weight is 340 g/mol. The van der Waals surface area contributed by atoms with E-state index in [9.17, 15) is 4.79 Å². The van der Waals surface area contributed by atoms with Gasteiger partial charge in [-0.3, -0.25) is 9.69 Å². The first-order valence-corrected chi connectivity index (χ1v) is 8.93. The molecule has 0 aliphatic carbocycles. The largest absolute Gasteiger partial charge is 0.378 e. The zero-order valence-electron chi connectivity index (χ0n) is 15.4. The first-order chi connectivity index (χ1) is 12.0. The Hall–Kier alpha value is -2.27. The van der Waals surface area contributed by atoms with Gasteiger partial charge in [0.25, 0.3) is 0 Å². The van der Waals surface area contributed by atoms with Crippen LogP contribution >= 0.6 is 0 Å². The number of amides is 1. The topological polar surface area (TPSA) is 40.5 Å². The predicted molar refractivity (Wildman–Crippen MR) is 102 cm³/mol. The first-order valence-electron chi connectivity index (χ1n) is 8.93. The van der Waals surface area contributed by atoms with E-state index in [-0.39, 0.29) is 5.91 Å². The molecule has 1 fully saturated rings. The maximum Gasteiger partial charge on any atom is 0.234 e. The van der Waals surface area contributed by atoms with Crippen molar-refractivity contribution in [1.82, 2.24) is 14.8 Å². The molecule has 1 aromatic heterocycles. The molecule has 1 saturated heterocycles. The van der Waals surface area contributed by atoms with Gasteiger partial charge in [-0.15, -0.1) is 0 Å². The molecule has 25 heavy (non-hydrogen) atoms. The summed E-state index contributed by atoms with van der Waals surface area (Å²) < 4.78 is 2.16. The van der Waals surface area contributed by atoms with Crippen molar-refractivity contribution in [1.29, 1.82) is 0 Å². The van der Waals surface area contributed by atoms with E-state index in [4.69, 9.17) is 0 Å². The van der Waals surface area contributed by atoms with E-state index in [2.05, 4.69) is 69.3 Å². The molecule has 134 valence electrons. The van der Waals surface area contributed by atoms with Crippen LogP contribution in [0.3, 0.4) is 0 Å². The van der Waals surface area contributed by atoms with Crippen LogP contribution in [0.1, 0.15) is 30.1 Å². The van der Waals surface area contributed by atoms with Crippen molar-refractivity contribution in [2.24, 2.45) is 7.05 Å². The molecule has 0 bridgehead atoms. The molecule has 1 aliphatic rings. The van der Waals surface area contributed by atoms with Crippen molar-refractivity contribution in [3.05, 3.63) is 53.9 Å². The molecule has 1 amide bonds. The third-order valence-electron chi connectivity index (χ3n) is 4.98. The molecule has 1 N–H and O–H groups in total. The molecule has 2 heterocycles. The zero-order chi connectivity index (χ0) is 17.8. The highest BCUT2D eigenvalue weighted by Gasteiger charge is 2.28. The number of hydrogen-bond acceptors (Lipinski definition) is 3. The van der Waals surface area contributed by atoms with E-state index in [0.717, 1.165) is 30.6 Å². The van der Waals surface area contributed by atoms with Gasteiger partial charge in [0, 0.05) is 45.3 Å². The Balaban J connectivity index is 1.53. The Morgan fingerprint density at radius 1 is 1.24 bits per heavy atom. The van der Waals surface area contributed by atoms with Crippen LogP contribution in [0.5, 0.6) is 0 Å². The van der Waals surface area contributed by atoms with Gasteiger partial charge in [-0.05, 0) is 49.2 Å². The number of rotatable bonds is 6. The average Bonchev–Trinajstić information content (AvgIpc) is 3.21. The second kappa shape index (κ2) is 7.74. The number of benzene rings is 1. The number of likely N-dealkylation sites (tertiary alicyclic amines) is 1. The lowest BCUT2D eigenvalue weighted by atomic mass is 10.1. The van der Waals surface area contributed by atoms with Gasteiger partial charge < -0.3 is 14.8 Å². The molecular formula is C20H28N4O. The van der Waals surface area contributed by atoms with Crippen LogP contribution < -0.4 is 10.2 Å². The lowest BCUT2D eigenvalue weighted by Gasteiger charge is -2.24. The molecular weight excluding hydrogens is 312 g/mol. The molecule has 0 unspecified atom stereocenters. The maximum absolute atomic E-state index is 12.4. The standard InChI is InChI=1S/C20H28N4O/c1-22(2)17-10-8-16(9-11-17)14-21-20(25)15-24-13-5-7-19(24)18-6-4-12-23(18)3/h4,6,8-12,19H,5,7,13-15H2,1-3H3,(H,21,25)/t19-/m0/s1. The Morgan fingerprint density at radius 3 is 2.64 bits per heavy atom. The Labute approximate surface area is 150 Å². The summed E-state index contributed by atoms with van der Waals surface area (Å²) in [6, 6.07) is 12.9. The Kier molecular flexibility index (Phi) is 5.43. The van der Waals surface area contributed by atoms with Crippen molar-refractivity contribution < 1.29 is 4.79 Å². The number of aromatic nitrogens is 1. The van der Waals surface area contributed by atoms with E-state index < -0.39 is 0 Å². The highest BCUT2D eigenvalue weighted by molar-refractivity contribution is 5.78. The highest BCUT2D eigenvalue weighted by atomic mass is 16.2. The number of nitrogens with one attached hydrogen (secondary N) is 1. The minimum absolute atomic E-state index is 0.0952. The summed E-state index contributed by atoms with van der Waals surface area (Å²) in [5.74, 6) is 0.0952. The second-order valence-corrected chi connectivity index (χ2v) is 7.01. The van der Waals surface area contributed by atoms with Gasteiger partial charge in [0.2, 0.25) is 5.91 Å². The van der Waals surface area contributed by atoms with Crippen LogP contribution in [0.25, 0.3) is 0 Å². The van der Waals surface area contributed by atoms with Crippen molar-refractivity contribution >= 4 is 11.6 Å². The number of anilines is 1. The van der Waals surface area contributed by atoms with Crippen LogP contribution in [0, 0.1) is 0 Å². The van der Waals surface area contributed by atoms with Crippen LogP contribution in [-0.4, -0.2) is 42.6 Å². The van der Waals surface area contributed by atoms with Crippen molar-refractivity contribution in [2.45, 2.75) is 25.4 Å². The first kappa shape index (κ1) is 17.5. The molecule has 0 spiro atoms. The van der Waals surface area contributed by atoms with Crippen LogP contribution in [0.4, 0.5) is 5.69 Å². The van der Waals surface area contributed by atoms with E-state index in [0.29, 0.717) is 19.1 Å². The lowest BCUT2D eigenvalue weighted by Crippen LogP contribution is -2.37. The summed E-state index contributed by atoms with van der Waals surface area (Å²) in [7, 11) is 6.12. The third-order valence-corrected chi connectivity index (χ3v) is 4.98. The number of hydrogen-bond donors (Lipinski definition) is 1. The summed E-state index contributed by atoms with van der Waals surface area (Å²) in [5.41, 5.74) is 3.58. The molecule has 2 aromatic rings. The normalized spacial score (nSPS) is 17.6. The minimum Gasteiger partial charge on any atom is -0.378 e. The highest BCUT2D eigenvalue weighted by Crippen LogP contribution is 2.31. The van der Waals surface area contributed by atoms with Gasteiger partial charge in [0.05, 0.1) is 12.6 Å². The van der Waals surface area contributed by atoms with E-state index in [1.165, 1.54) is 5.69 Å². The van der Waals surface area contributed by atoms with Crippen LogP contribution in [0.2, 0.25) is 0 Å². The van der Waals surface area contributed by atoms with Gasteiger partial charge in [0.15, 0.2) is 0 Å². The molecule has 1 atom stereocenters. The fraction of sp³-hybridized carbons (Fsp3) is 0.450. The monoisotopic (exact) mass is 340 g/mol. The molecule has 0 radical (unpaired) electrons. The number of nitrogens with zero attached hydrogens (tertiary/aromatic N) is 3. The molecule has 1 aliphatic heterocycles. The number of carbonyl (C=O) groups is 1. The zero-order valence-corrected chi connectivity index (χ0v) is 15.4. The number of carbonyl (C=O) groups excluding carboxylic acids is 1. The van der Waals surface area contributed by atoms with E-state index in [1.807, 2.05) is 14.1 Å². The van der Waals surface area contributed by atoms with Crippen LogP contribution in [0.15, 0.2) is 42.6 Å². The number of aryl methyl sites for hydroxylation is 1.